The van der Waals surface area contributed by atoms with Crippen LogP contribution in [0.4, 0.5) is 4.79 Å². The smallest absolute Gasteiger partial charge is 0.434 e. The van der Waals surface area contributed by atoms with Gasteiger partial charge in [0.25, 0.3) is 0 Å². The van der Waals surface area contributed by atoms with E-state index < -0.39 is 6.16 Å². The highest BCUT2D eigenvalue weighted by atomic mass is 16.7. The second kappa shape index (κ2) is 22.1. The molecular weight excluding hydrogens is 324 g/mol. The lowest BCUT2D eigenvalue weighted by Gasteiger charge is -2.04. The highest BCUT2D eigenvalue weighted by molar-refractivity contribution is 5.60. The summed E-state index contributed by atoms with van der Waals surface area (Å²) in [5.41, 5.74) is 0. The topological polar surface area (TPSA) is 35.5 Å². The van der Waals surface area contributed by atoms with Crippen LogP contribution in [0.25, 0.3) is 0 Å². The summed E-state index contributed by atoms with van der Waals surface area (Å²) in [6.45, 7) is 6.04. The first-order chi connectivity index (χ1) is 12.8. The normalized spacial score (nSPS) is 10.7. The fourth-order valence-corrected chi connectivity index (χ4v) is 3.26. The Bertz CT molecular complexity index is 302. The minimum atomic E-state index is -0.646. The van der Waals surface area contributed by atoms with Crippen molar-refractivity contribution in [2.45, 2.75) is 122 Å². The van der Waals surface area contributed by atoms with E-state index in [0.717, 1.165) is 19.1 Å². The van der Waals surface area contributed by atoms with Crippen LogP contribution in [0.1, 0.15) is 122 Å². The lowest BCUT2D eigenvalue weighted by Crippen LogP contribution is -2.04. The van der Waals surface area contributed by atoms with Gasteiger partial charge in [0.2, 0.25) is 0 Å². The Balaban J connectivity index is 3.03. The monoisotopic (exact) mass is 368 g/mol. The van der Waals surface area contributed by atoms with E-state index in [1.165, 1.54) is 103 Å². The van der Waals surface area contributed by atoms with E-state index in [-0.39, 0.29) is 0 Å². The zero-order chi connectivity index (χ0) is 19.1. The number of hydrogen-bond acceptors (Lipinski definition) is 3. The third kappa shape index (κ3) is 21.1. The maximum atomic E-state index is 10.9. The molecule has 0 unspecified atom stereocenters. The minimum Gasteiger partial charge on any atom is -0.434 e. The zero-order valence-electron chi connectivity index (χ0n) is 17.4. The van der Waals surface area contributed by atoms with Crippen LogP contribution in [0.2, 0.25) is 0 Å². The van der Waals surface area contributed by atoms with Crippen molar-refractivity contribution in [1.29, 1.82) is 0 Å². The van der Waals surface area contributed by atoms with Crippen LogP contribution in [0.15, 0.2) is 12.8 Å². The number of carbonyl (C=O) groups excluding carboxylic acids is 1. The van der Waals surface area contributed by atoms with Gasteiger partial charge in [0, 0.05) is 0 Å². The highest BCUT2D eigenvalue weighted by Crippen LogP contribution is 2.14. The lowest BCUT2D eigenvalue weighted by molar-refractivity contribution is 0.0833. The molecule has 0 fully saturated rings. The summed E-state index contributed by atoms with van der Waals surface area (Å²) in [5, 5.41) is 0. The van der Waals surface area contributed by atoms with Gasteiger partial charge in [0.1, 0.15) is 0 Å². The van der Waals surface area contributed by atoms with Crippen molar-refractivity contribution in [1.82, 2.24) is 0 Å². The van der Waals surface area contributed by atoms with Gasteiger partial charge in [-0.25, -0.2) is 4.79 Å². The molecule has 0 aromatic heterocycles. The predicted molar refractivity (Wildman–Crippen MR) is 111 cm³/mol. The molecule has 0 aliphatic carbocycles. The molecule has 0 heterocycles. The predicted octanol–water partition coefficient (Wildman–Crippen LogP) is 8.32. The molecule has 0 saturated carbocycles. The number of ether oxygens (including phenoxy) is 2. The standard InChI is InChI=1S/C23H44O3/c1-3-5-6-7-8-9-10-11-12-13-14-15-16-17-18-19-20-21-22-26-23(24)25-4-2/h4H,2-3,5-22H2,1H3. The van der Waals surface area contributed by atoms with Crippen LogP contribution in [0.3, 0.4) is 0 Å². The Kier molecular flexibility index (Phi) is 21.2. The molecule has 0 rings (SSSR count). The molecule has 0 aliphatic heterocycles. The molecule has 0 spiro atoms. The third-order valence-electron chi connectivity index (χ3n) is 4.90. The molecule has 0 aliphatic rings. The molecule has 0 N–H and O–H groups in total. The van der Waals surface area contributed by atoms with Crippen LogP contribution in [0.5, 0.6) is 0 Å². The molecule has 0 aromatic carbocycles. The van der Waals surface area contributed by atoms with E-state index in [0.29, 0.717) is 6.61 Å². The van der Waals surface area contributed by atoms with Gasteiger partial charge in [-0.05, 0) is 6.42 Å². The summed E-state index contributed by atoms with van der Waals surface area (Å²) in [6, 6.07) is 0. The third-order valence-corrected chi connectivity index (χ3v) is 4.90. The Labute approximate surface area is 162 Å². The summed E-state index contributed by atoms with van der Waals surface area (Å²) < 4.78 is 9.36. The van der Waals surface area contributed by atoms with E-state index in [9.17, 15) is 4.79 Å². The van der Waals surface area contributed by atoms with E-state index in [1.807, 2.05) is 0 Å². The molecular formula is C23H44O3. The average molecular weight is 369 g/mol. The molecule has 3 nitrogen and oxygen atoms in total. The SMILES string of the molecule is C=COC(=O)OCCCCCCCCCCCCCCCCCCCC. The first kappa shape index (κ1) is 25.0. The summed E-state index contributed by atoms with van der Waals surface area (Å²) in [6.07, 6.45) is 24.9. The molecule has 0 amide bonds. The van der Waals surface area contributed by atoms with Crippen molar-refractivity contribution < 1.29 is 14.3 Å². The van der Waals surface area contributed by atoms with E-state index >= 15 is 0 Å². The van der Waals surface area contributed by atoms with Gasteiger partial charge in [-0.3, -0.25) is 0 Å². The maximum absolute atomic E-state index is 10.9. The van der Waals surface area contributed by atoms with E-state index in [2.05, 4.69) is 18.2 Å². The Morgan fingerprint density at radius 2 is 1.00 bits per heavy atom. The molecule has 3 heteroatoms. The van der Waals surface area contributed by atoms with Gasteiger partial charge in [-0.15, -0.1) is 0 Å². The second-order valence-electron chi connectivity index (χ2n) is 7.39. The molecule has 154 valence electrons. The van der Waals surface area contributed by atoms with Crippen LogP contribution >= 0.6 is 0 Å². The van der Waals surface area contributed by atoms with Crippen molar-refractivity contribution in [2.75, 3.05) is 6.61 Å². The molecule has 0 radical (unpaired) electrons. The molecule has 0 atom stereocenters. The van der Waals surface area contributed by atoms with Crippen LogP contribution < -0.4 is 0 Å². The number of carbonyl (C=O) groups is 1. The van der Waals surface area contributed by atoms with Crippen LogP contribution in [0, 0.1) is 0 Å². The van der Waals surface area contributed by atoms with Crippen LogP contribution in [-0.2, 0) is 9.47 Å². The molecule has 0 aromatic rings. The van der Waals surface area contributed by atoms with Crippen LogP contribution in [-0.4, -0.2) is 12.8 Å². The zero-order valence-corrected chi connectivity index (χ0v) is 17.4. The fourth-order valence-electron chi connectivity index (χ4n) is 3.26. The average Bonchev–Trinajstić information content (AvgIpc) is 2.64. The maximum Gasteiger partial charge on any atom is 0.513 e. The molecule has 0 saturated heterocycles. The van der Waals surface area contributed by atoms with Gasteiger partial charge in [0.05, 0.1) is 12.9 Å². The van der Waals surface area contributed by atoms with Gasteiger partial charge in [-0.1, -0.05) is 123 Å². The van der Waals surface area contributed by atoms with Crippen molar-refractivity contribution in [2.24, 2.45) is 0 Å². The van der Waals surface area contributed by atoms with Gasteiger partial charge in [-0.2, -0.15) is 0 Å². The highest BCUT2D eigenvalue weighted by Gasteiger charge is 2.00. The minimum absolute atomic E-state index is 0.450. The van der Waals surface area contributed by atoms with E-state index in [4.69, 9.17) is 4.74 Å². The quantitative estimate of drug-likeness (QED) is 0.123. The Hall–Kier alpha value is -0.990. The van der Waals surface area contributed by atoms with Crippen molar-refractivity contribution in [3.63, 3.8) is 0 Å². The summed E-state index contributed by atoms with van der Waals surface area (Å²) in [7, 11) is 0. The Morgan fingerprint density at radius 3 is 1.35 bits per heavy atom. The Morgan fingerprint density at radius 1 is 0.654 bits per heavy atom. The first-order valence-corrected chi connectivity index (χ1v) is 11.3. The number of rotatable bonds is 20. The van der Waals surface area contributed by atoms with Gasteiger partial charge in [0.15, 0.2) is 0 Å². The summed E-state index contributed by atoms with van der Waals surface area (Å²) >= 11 is 0. The number of hydrogen-bond donors (Lipinski definition) is 0. The van der Waals surface area contributed by atoms with Crippen molar-refractivity contribution >= 4 is 6.16 Å². The van der Waals surface area contributed by atoms with Crippen molar-refractivity contribution in [3.05, 3.63) is 12.8 Å². The van der Waals surface area contributed by atoms with Gasteiger partial charge < -0.3 is 9.47 Å². The van der Waals surface area contributed by atoms with Crippen molar-refractivity contribution in [3.8, 4) is 0 Å². The lowest BCUT2D eigenvalue weighted by atomic mass is 10.0. The number of unbranched alkanes of at least 4 members (excludes halogenated alkanes) is 17. The molecule has 0 bridgehead atoms. The summed E-state index contributed by atoms with van der Waals surface area (Å²) in [5.74, 6) is 0. The molecule has 26 heavy (non-hydrogen) atoms. The van der Waals surface area contributed by atoms with Gasteiger partial charge >= 0.3 is 6.16 Å². The second-order valence-corrected chi connectivity index (χ2v) is 7.39. The summed E-state index contributed by atoms with van der Waals surface area (Å²) in [4.78, 5) is 10.9. The first-order valence-electron chi connectivity index (χ1n) is 11.3. The van der Waals surface area contributed by atoms with E-state index in [1.54, 1.807) is 0 Å². The largest absolute Gasteiger partial charge is 0.513 e. The fraction of sp³-hybridized carbons (Fsp3) is 0.870.